The predicted molar refractivity (Wildman–Crippen MR) is 67.5 cm³/mol. The van der Waals surface area contributed by atoms with Gasteiger partial charge in [-0.05, 0) is 25.2 Å². The fourth-order valence-electron chi connectivity index (χ4n) is 1.82. The molecule has 1 aliphatic carbocycles. The van der Waals surface area contributed by atoms with E-state index in [1.54, 1.807) is 6.08 Å². The van der Waals surface area contributed by atoms with Gasteiger partial charge in [-0.1, -0.05) is 32.6 Å². The molecule has 1 aliphatic rings. The van der Waals surface area contributed by atoms with E-state index in [4.69, 9.17) is 0 Å². The van der Waals surface area contributed by atoms with Gasteiger partial charge < -0.3 is 0 Å². The van der Waals surface area contributed by atoms with Crippen molar-refractivity contribution in [2.45, 2.75) is 51.9 Å². The Morgan fingerprint density at radius 1 is 1.06 bits per heavy atom. The molecule has 4 heteroatoms. The van der Waals surface area contributed by atoms with Gasteiger partial charge in [0.2, 0.25) is 12.2 Å². The highest BCUT2D eigenvalue weighted by Crippen LogP contribution is 2.23. The first kappa shape index (κ1) is 15.8. The number of unbranched alkanes of at least 4 members (excludes halogenated alkanes) is 1. The minimum Gasteiger partial charge on any atom is -0.211 e. The van der Waals surface area contributed by atoms with Gasteiger partial charge in [0.1, 0.15) is 0 Å². The summed E-state index contributed by atoms with van der Waals surface area (Å²) in [6.07, 6.45) is 11.7. The van der Waals surface area contributed by atoms with Crippen LogP contribution in [0.4, 0.5) is 0 Å². The summed E-state index contributed by atoms with van der Waals surface area (Å²) in [6, 6.07) is 0. The van der Waals surface area contributed by atoms with Crippen LogP contribution in [0.25, 0.3) is 0 Å². The van der Waals surface area contributed by atoms with E-state index in [2.05, 4.69) is 16.9 Å². The number of aliphatic imine (C=N–C) groups is 2. The van der Waals surface area contributed by atoms with Gasteiger partial charge in [-0.2, -0.15) is 0 Å². The van der Waals surface area contributed by atoms with Gasteiger partial charge in [-0.3, -0.25) is 0 Å². The molecule has 17 heavy (non-hydrogen) atoms. The Hall–Kier alpha value is -1.24. The van der Waals surface area contributed by atoms with Crippen LogP contribution in [-0.2, 0) is 9.59 Å². The Kier molecular flexibility index (Phi) is 11.9. The Morgan fingerprint density at radius 2 is 1.71 bits per heavy atom. The second-order valence-corrected chi connectivity index (χ2v) is 4.26. The molecule has 0 radical (unpaired) electrons. The van der Waals surface area contributed by atoms with Crippen LogP contribution in [0.5, 0.6) is 0 Å². The number of hydrogen-bond donors (Lipinski definition) is 0. The van der Waals surface area contributed by atoms with Crippen LogP contribution >= 0.6 is 0 Å². The van der Waals surface area contributed by atoms with E-state index in [1.807, 2.05) is 0 Å². The van der Waals surface area contributed by atoms with E-state index in [1.165, 1.54) is 38.2 Å². The molecule has 1 fully saturated rings. The monoisotopic (exact) mass is 238 g/mol. The molecule has 0 spiro atoms. The van der Waals surface area contributed by atoms with Crippen LogP contribution in [0.2, 0.25) is 0 Å². The normalized spacial score (nSPS) is 14.9. The van der Waals surface area contributed by atoms with Crippen molar-refractivity contribution in [2.75, 3.05) is 13.1 Å². The van der Waals surface area contributed by atoms with E-state index < -0.39 is 0 Å². The molecule has 1 saturated carbocycles. The quantitative estimate of drug-likeness (QED) is 0.420. The lowest BCUT2D eigenvalue weighted by Gasteiger charge is -2.18. The molecular formula is C13H22N2O2. The summed E-state index contributed by atoms with van der Waals surface area (Å²) < 4.78 is 0. The van der Waals surface area contributed by atoms with Crippen molar-refractivity contribution in [1.82, 2.24) is 0 Å². The molecule has 0 unspecified atom stereocenters. The molecule has 4 nitrogen and oxygen atoms in total. The Labute approximate surface area is 103 Å². The average Bonchev–Trinajstić information content (AvgIpc) is 2.39. The van der Waals surface area contributed by atoms with Crippen LogP contribution in [0.1, 0.15) is 51.9 Å². The zero-order valence-electron chi connectivity index (χ0n) is 10.7. The van der Waals surface area contributed by atoms with Crippen molar-refractivity contribution in [2.24, 2.45) is 15.9 Å². The number of rotatable bonds is 5. The van der Waals surface area contributed by atoms with Crippen LogP contribution < -0.4 is 0 Å². The lowest BCUT2D eigenvalue weighted by atomic mass is 9.89. The topological polar surface area (TPSA) is 58.9 Å². The van der Waals surface area contributed by atoms with E-state index in [0.717, 1.165) is 12.8 Å². The third-order valence-corrected chi connectivity index (χ3v) is 2.83. The summed E-state index contributed by atoms with van der Waals surface area (Å²) in [5.41, 5.74) is 0. The van der Waals surface area contributed by atoms with E-state index in [9.17, 15) is 9.59 Å². The highest BCUT2D eigenvalue weighted by molar-refractivity contribution is 5.32. The summed E-state index contributed by atoms with van der Waals surface area (Å²) in [5.74, 6) is 0.676. The number of hydrogen-bond acceptors (Lipinski definition) is 4. The lowest BCUT2D eigenvalue weighted by Crippen LogP contribution is -2.08. The summed E-state index contributed by atoms with van der Waals surface area (Å²) in [5, 5.41) is 0. The molecule has 96 valence electrons. The fourth-order valence-corrected chi connectivity index (χ4v) is 1.82. The van der Waals surface area contributed by atoms with Gasteiger partial charge in [0.15, 0.2) is 0 Å². The molecule has 0 bridgehead atoms. The molecule has 0 aromatic rings. The van der Waals surface area contributed by atoms with Crippen molar-refractivity contribution < 1.29 is 9.59 Å². The lowest BCUT2D eigenvalue weighted by molar-refractivity contribution is 0.366. The van der Waals surface area contributed by atoms with E-state index in [0.29, 0.717) is 19.0 Å². The summed E-state index contributed by atoms with van der Waals surface area (Å²) in [7, 11) is 0. The van der Waals surface area contributed by atoms with Gasteiger partial charge >= 0.3 is 0 Å². The van der Waals surface area contributed by atoms with Gasteiger partial charge in [-0.25, -0.2) is 19.6 Å². The maximum Gasteiger partial charge on any atom is 0.234 e. The van der Waals surface area contributed by atoms with Crippen LogP contribution in [0, 0.1) is 5.92 Å². The molecular weight excluding hydrogens is 216 g/mol. The zero-order valence-corrected chi connectivity index (χ0v) is 10.7. The maximum absolute atomic E-state index is 9.76. The second kappa shape index (κ2) is 12.8. The Bertz CT molecular complexity index is 261. The fraction of sp³-hybridized carbons (Fsp3) is 0.846. The first-order valence-electron chi connectivity index (χ1n) is 6.42. The minimum absolute atomic E-state index is 0.639. The number of isocyanates is 2. The zero-order chi connectivity index (χ0) is 12.8. The summed E-state index contributed by atoms with van der Waals surface area (Å²) >= 11 is 0. The molecule has 0 saturated heterocycles. The highest BCUT2D eigenvalue weighted by Gasteiger charge is 2.11. The minimum atomic E-state index is 0.639. The van der Waals surface area contributed by atoms with Crippen LogP contribution in [-0.4, -0.2) is 25.2 Å². The largest absolute Gasteiger partial charge is 0.234 e. The molecule has 0 heterocycles. The van der Waals surface area contributed by atoms with Crippen LogP contribution in [0.15, 0.2) is 9.98 Å². The van der Waals surface area contributed by atoms with Crippen molar-refractivity contribution in [3.8, 4) is 0 Å². The standard InChI is InChI=1S/C8H13NO.C5H9NO/c10-7-9-6-8-4-2-1-3-5-8;1-2-3-4-6-5-7/h8H,1-6H2;2-4H2,1H3. The highest BCUT2D eigenvalue weighted by atomic mass is 16.1. The van der Waals surface area contributed by atoms with E-state index in [-0.39, 0.29) is 0 Å². The third-order valence-electron chi connectivity index (χ3n) is 2.83. The van der Waals surface area contributed by atoms with Crippen molar-refractivity contribution in [1.29, 1.82) is 0 Å². The van der Waals surface area contributed by atoms with Gasteiger partial charge in [-0.15, -0.1) is 0 Å². The smallest absolute Gasteiger partial charge is 0.211 e. The van der Waals surface area contributed by atoms with Gasteiger partial charge in [0, 0.05) is 0 Å². The first-order valence-corrected chi connectivity index (χ1v) is 6.42. The van der Waals surface area contributed by atoms with Crippen molar-refractivity contribution >= 4 is 12.2 Å². The number of nitrogens with zero attached hydrogens (tertiary/aromatic N) is 2. The molecule has 0 atom stereocenters. The maximum atomic E-state index is 9.76. The van der Waals surface area contributed by atoms with E-state index >= 15 is 0 Å². The molecule has 0 amide bonds. The summed E-state index contributed by atoms with van der Waals surface area (Å²) in [4.78, 5) is 26.1. The molecule has 0 aromatic carbocycles. The first-order chi connectivity index (χ1) is 8.35. The third kappa shape index (κ3) is 11.0. The molecule has 0 aromatic heterocycles. The number of carbonyl (C=O) groups excluding carboxylic acids is 2. The van der Waals surface area contributed by atoms with Gasteiger partial charge in [0.25, 0.3) is 0 Å². The molecule has 1 rings (SSSR count). The van der Waals surface area contributed by atoms with Gasteiger partial charge in [0.05, 0.1) is 13.1 Å². The van der Waals surface area contributed by atoms with Crippen molar-refractivity contribution in [3.63, 3.8) is 0 Å². The molecule has 0 aliphatic heterocycles. The molecule has 0 N–H and O–H groups in total. The predicted octanol–water partition coefficient (Wildman–Crippen LogP) is 3.02. The Balaban J connectivity index is 0.000000325. The average molecular weight is 238 g/mol. The van der Waals surface area contributed by atoms with Crippen LogP contribution in [0.3, 0.4) is 0 Å². The summed E-state index contributed by atoms with van der Waals surface area (Å²) in [6.45, 7) is 3.41. The van der Waals surface area contributed by atoms with Crippen molar-refractivity contribution in [3.05, 3.63) is 0 Å². The SMILES string of the molecule is CCCCN=C=O.O=C=NCC1CCCCC1. The Morgan fingerprint density at radius 3 is 2.24 bits per heavy atom. The second-order valence-electron chi connectivity index (χ2n) is 4.26.